The van der Waals surface area contributed by atoms with Crippen molar-refractivity contribution in [3.8, 4) is 11.3 Å². The molecule has 0 aliphatic heterocycles. The third kappa shape index (κ3) is 5.92. The number of nitrogens with one attached hydrogen (secondary N) is 2. The Balaban J connectivity index is 1.52. The first kappa shape index (κ1) is 27.5. The average molecular weight is 534 g/mol. The van der Waals surface area contributed by atoms with Gasteiger partial charge in [0.05, 0.1) is 11.5 Å². The number of benzene rings is 1. The molecule has 2 aromatic rings. The first-order chi connectivity index (χ1) is 18.5. The second-order valence-electron chi connectivity index (χ2n) is 12.8. The maximum atomic E-state index is 13.4. The Kier molecular flexibility index (Phi) is 7.62. The summed E-state index contributed by atoms with van der Waals surface area (Å²) in [6.07, 6.45) is 9.33. The zero-order valence-electron chi connectivity index (χ0n) is 23.8. The second kappa shape index (κ2) is 10.8. The molecule has 7 nitrogen and oxygen atoms in total. The first-order valence-corrected chi connectivity index (χ1v) is 14.7. The fourth-order valence-electron chi connectivity index (χ4n) is 6.25. The van der Waals surface area contributed by atoms with E-state index in [2.05, 4.69) is 28.2 Å². The number of rotatable bonds is 9. The summed E-state index contributed by atoms with van der Waals surface area (Å²) in [6, 6.07) is 8.16. The van der Waals surface area contributed by atoms with Gasteiger partial charge in [-0.25, -0.2) is 0 Å². The Bertz CT molecular complexity index is 1260. The molecule has 5 rings (SSSR count). The van der Waals surface area contributed by atoms with E-state index in [0.717, 1.165) is 36.3 Å². The molecule has 2 amide bonds. The van der Waals surface area contributed by atoms with Crippen molar-refractivity contribution in [2.75, 3.05) is 0 Å². The normalized spacial score (nSPS) is 22.3. The monoisotopic (exact) mass is 533 g/mol. The minimum Gasteiger partial charge on any atom is -0.481 e. The lowest BCUT2D eigenvalue weighted by Crippen LogP contribution is -2.46. The van der Waals surface area contributed by atoms with Crippen LogP contribution in [0.2, 0.25) is 0 Å². The van der Waals surface area contributed by atoms with E-state index in [-0.39, 0.29) is 35.2 Å². The molecule has 0 bridgehead atoms. The van der Waals surface area contributed by atoms with E-state index in [1.54, 1.807) is 0 Å². The lowest BCUT2D eigenvalue weighted by Gasteiger charge is -2.32. The van der Waals surface area contributed by atoms with Crippen molar-refractivity contribution >= 4 is 17.8 Å². The third-order valence-electron chi connectivity index (χ3n) is 9.21. The number of aliphatic carboxylic acids is 1. The van der Waals surface area contributed by atoms with Crippen molar-refractivity contribution in [2.45, 2.75) is 110 Å². The quantitative estimate of drug-likeness (QED) is 0.378. The molecule has 1 aromatic carbocycles. The Hall–Kier alpha value is -3.09. The van der Waals surface area contributed by atoms with Crippen molar-refractivity contribution in [3.63, 3.8) is 0 Å². The van der Waals surface area contributed by atoms with Gasteiger partial charge in [0.15, 0.2) is 0 Å². The van der Waals surface area contributed by atoms with Gasteiger partial charge in [0, 0.05) is 35.6 Å². The number of carboxylic acid groups (broad SMARTS) is 1. The van der Waals surface area contributed by atoms with Crippen LogP contribution in [0.5, 0.6) is 0 Å². The highest BCUT2D eigenvalue weighted by Crippen LogP contribution is 2.48. The first-order valence-electron chi connectivity index (χ1n) is 14.7. The summed E-state index contributed by atoms with van der Waals surface area (Å²) in [5.41, 5.74) is 5.44. The van der Waals surface area contributed by atoms with Gasteiger partial charge >= 0.3 is 5.97 Å². The molecule has 1 heterocycles. The highest BCUT2D eigenvalue weighted by atomic mass is 16.4. The number of nitrogens with zero attached hydrogens (tertiary/aromatic N) is 1. The molecule has 1 aromatic heterocycles. The van der Waals surface area contributed by atoms with Crippen molar-refractivity contribution in [3.05, 3.63) is 46.6 Å². The van der Waals surface area contributed by atoms with Gasteiger partial charge in [-0.15, -0.1) is 0 Å². The highest BCUT2D eigenvalue weighted by Gasteiger charge is 2.40. The van der Waals surface area contributed by atoms with Crippen LogP contribution in [-0.4, -0.2) is 39.5 Å². The minimum atomic E-state index is -0.792. The molecule has 0 saturated heterocycles. The van der Waals surface area contributed by atoms with Crippen LogP contribution in [-0.2, 0) is 16.8 Å². The van der Waals surface area contributed by atoms with Crippen molar-refractivity contribution in [1.29, 1.82) is 0 Å². The molecule has 0 unspecified atom stereocenters. The summed E-state index contributed by atoms with van der Waals surface area (Å²) in [5.74, 6) is -0.817. The molecule has 3 aliphatic rings. The van der Waals surface area contributed by atoms with Gasteiger partial charge in [-0.2, -0.15) is 0 Å². The fourth-order valence-corrected chi connectivity index (χ4v) is 6.25. The van der Waals surface area contributed by atoms with Crippen molar-refractivity contribution in [2.24, 2.45) is 11.8 Å². The summed E-state index contributed by atoms with van der Waals surface area (Å²) < 4.78 is 2.30. The maximum Gasteiger partial charge on any atom is 0.306 e. The van der Waals surface area contributed by atoms with E-state index in [1.165, 1.54) is 37.7 Å². The average Bonchev–Trinajstić information content (AvgIpc) is 3.55. The SMILES string of the molecule is Cc1c(C(=O)N[C@H]2C[C@H](C(=O)O)C2)cc(-c2cc(C(=O)NC(C)C)cc(C3(C)CC3)c2)n1CC1CCCCC1. The zero-order valence-corrected chi connectivity index (χ0v) is 23.8. The highest BCUT2D eigenvalue weighted by molar-refractivity contribution is 5.98. The lowest BCUT2D eigenvalue weighted by atomic mass is 9.80. The Labute approximate surface area is 231 Å². The van der Waals surface area contributed by atoms with Crippen LogP contribution in [0.4, 0.5) is 0 Å². The maximum absolute atomic E-state index is 13.4. The lowest BCUT2D eigenvalue weighted by molar-refractivity contribution is -0.145. The summed E-state index contributed by atoms with van der Waals surface area (Å²) >= 11 is 0. The third-order valence-corrected chi connectivity index (χ3v) is 9.21. The minimum absolute atomic E-state index is 0.0426. The fraction of sp³-hybridized carbons (Fsp3) is 0.594. The molecule has 3 fully saturated rings. The van der Waals surface area contributed by atoms with Crippen molar-refractivity contribution in [1.82, 2.24) is 15.2 Å². The molecular weight excluding hydrogens is 490 g/mol. The number of carboxylic acids is 1. The summed E-state index contributed by atoms with van der Waals surface area (Å²) in [5, 5.41) is 15.3. The molecule has 3 saturated carbocycles. The van der Waals surface area contributed by atoms with Gasteiger partial charge in [-0.3, -0.25) is 14.4 Å². The van der Waals surface area contributed by atoms with E-state index in [0.29, 0.717) is 29.9 Å². The molecule has 39 heavy (non-hydrogen) atoms. The van der Waals surface area contributed by atoms with Crippen LogP contribution in [0.25, 0.3) is 11.3 Å². The van der Waals surface area contributed by atoms with E-state index in [9.17, 15) is 19.5 Å². The Morgan fingerprint density at radius 3 is 2.33 bits per heavy atom. The smallest absolute Gasteiger partial charge is 0.306 e. The van der Waals surface area contributed by atoms with Gasteiger partial charge in [0.1, 0.15) is 0 Å². The molecule has 210 valence electrons. The number of amides is 2. The summed E-state index contributed by atoms with van der Waals surface area (Å²) in [4.78, 5) is 37.8. The van der Waals surface area contributed by atoms with E-state index < -0.39 is 5.97 Å². The van der Waals surface area contributed by atoms with E-state index in [1.807, 2.05) is 39.0 Å². The number of aromatic nitrogens is 1. The predicted octanol–water partition coefficient (Wildman–Crippen LogP) is 5.83. The van der Waals surface area contributed by atoms with E-state index >= 15 is 0 Å². The number of carbonyl (C=O) groups is 3. The zero-order chi connectivity index (χ0) is 27.9. The van der Waals surface area contributed by atoms with Crippen LogP contribution in [0.15, 0.2) is 24.3 Å². The predicted molar refractivity (Wildman–Crippen MR) is 152 cm³/mol. The van der Waals surface area contributed by atoms with Gasteiger partial charge < -0.3 is 20.3 Å². The van der Waals surface area contributed by atoms with Gasteiger partial charge in [-0.1, -0.05) is 26.2 Å². The summed E-state index contributed by atoms with van der Waals surface area (Å²) in [7, 11) is 0. The molecule has 3 N–H and O–H groups in total. The summed E-state index contributed by atoms with van der Waals surface area (Å²) in [6.45, 7) is 9.06. The Morgan fingerprint density at radius 2 is 1.72 bits per heavy atom. The van der Waals surface area contributed by atoms with Crippen LogP contribution >= 0.6 is 0 Å². The van der Waals surface area contributed by atoms with Gasteiger partial charge in [-0.05, 0) is 106 Å². The van der Waals surface area contributed by atoms with Crippen molar-refractivity contribution < 1.29 is 19.5 Å². The van der Waals surface area contributed by atoms with Gasteiger partial charge in [0.25, 0.3) is 11.8 Å². The standard InChI is InChI=1S/C32H43N3O4/c1-19(2)33-29(36)23-12-22(13-25(14-23)32(4)10-11-32)28-17-27(30(37)34-26-15-24(16-26)31(38)39)20(3)35(28)18-21-8-6-5-7-9-21/h12-14,17,19,21,24,26H,5-11,15-16,18H2,1-4H3,(H,33,36)(H,34,37)(H,38,39)/t24-,26-. The molecule has 7 heteroatoms. The number of hydrogen-bond acceptors (Lipinski definition) is 3. The molecule has 0 atom stereocenters. The second-order valence-corrected chi connectivity index (χ2v) is 12.8. The largest absolute Gasteiger partial charge is 0.481 e. The topological polar surface area (TPSA) is 100 Å². The van der Waals surface area contributed by atoms with Crippen LogP contribution in [0.3, 0.4) is 0 Å². The van der Waals surface area contributed by atoms with Crippen LogP contribution < -0.4 is 10.6 Å². The number of carbonyl (C=O) groups excluding carboxylic acids is 2. The molecule has 0 radical (unpaired) electrons. The molecule has 3 aliphatic carbocycles. The van der Waals surface area contributed by atoms with Crippen LogP contribution in [0.1, 0.15) is 111 Å². The molecule has 0 spiro atoms. The van der Waals surface area contributed by atoms with Crippen LogP contribution in [0, 0.1) is 18.8 Å². The number of hydrogen-bond donors (Lipinski definition) is 3. The van der Waals surface area contributed by atoms with Gasteiger partial charge in [0.2, 0.25) is 0 Å². The van der Waals surface area contributed by atoms with E-state index in [4.69, 9.17) is 0 Å². The Morgan fingerprint density at radius 1 is 1.03 bits per heavy atom. The molecular formula is C32H43N3O4.